The molecule has 0 amide bonds. The summed E-state index contributed by atoms with van der Waals surface area (Å²) in [7, 11) is 1.48. The molecule has 1 unspecified atom stereocenters. The Bertz CT molecular complexity index is 602. The summed E-state index contributed by atoms with van der Waals surface area (Å²) in [4.78, 5) is -0.441. The average molecular weight is 392 g/mol. The van der Waals surface area contributed by atoms with Crippen LogP contribution in [0.15, 0.2) is 40.9 Å². The largest absolute Gasteiger partial charge is 0.497 e. The zero-order valence-electron chi connectivity index (χ0n) is 9.96. The summed E-state index contributed by atoms with van der Waals surface area (Å²) in [6.45, 7) is 0. The molecule has 0 N–H and O–H groups in total. The molecule has 0 aliphatic carbocycles. The minimum Gasteiger partial charge on any atom is -0.497 e. The maximum Gasteiger partial charge on any atom is 0.131 e. The third kappa shape index (κ3) is 3.15. The molecule has 0 radical (unpaired) electrons. The van der Waals surface area contributed by atoms with Crippen LogP contribution in [0.5, 0.6) is 5.75 Å². The van der Waals surface area contributed by atoms with Gasteiger partial charge < -0.3 is 4.74 Å². The Morgan fingerprint density at radius 2 is 1.79 bits per heavy atom. The molecule has 0 saturated carbocycles. The molecule has 1 nitrogen and oxygen atoms in total. The molecule has 2 aromatic carbocycles. The van der Waals surface area contributed by atoms with E-state index in [1.165, 1.54) is 25.3 Å². The molecule has 0 aliphatic rings. The standard InChI is InChI=1S/C14H10Br2F2O/c1-19-9-3-4-10(13(18)7-9)14(16)11-6-8(17)2-5-12(11)15/h2-7,14H,1H3. The third-order valence-corrected chi connectivity index (χ3v) is 4.42. The van der Waals surface area contributed by atoms with Gasteiger partial charge in [-0.2, -0.15) is 0 Å². The summed E-state index contributed by atoms with van der Waals surface area (Å²) in [6.07, 6.45) is 0. The van der Waals surface area contributed by atoms with Crippen molar-refractivity contribution in [3.05, 3.63) is 63.6 Å². The Labute approximate surface area is 126 Å². The highest BCUT2D eigenvalue weighted by molar-refractivity contribution is 9.11. The molecule has 100 valence electrons. The molecule has 1 atom stereocenters. The van der Waals surface area contributed by atoms with Crippen molar-refractivity contribution in [2.24, 2.45) is 0 Å². The van der Waals surface area contributed by atoms with Crippen molar-refractivity contribution in [2.75, 3.05) is 7.11 Å². The molecular weight excluding hydrogens is 382 g/mol. The van der Waals surface area contributed by atoms with E-state index < -0.39 is 10.6 Å². The van der Waals surface area contributed by atoms with Gasteiger partial charge in [-0.05, 0) is 29.8 Å². The van der Waals surface area contributed by atoms with Gasteiger partial charge in [-0.25, -0.2) is 8.78 Å². The lowest BCUT2D eigenvalue weighted by molar-refractivity contribution is 0.411. The number of rotatable bonds is 3. The Morgan fingerprint density at radius 1 is 1.05 bits per heavy atom. The van der Waals surface area contributed by atoms with E-state index >= 15 is 0 Å². The zero-order chi connectivity index (χ0) is 14.0. The van der Waals surface area contributed by atoms with E-state index in [1.54, 1.807) is 18.2 Å². The van der Waals surface area contributed by atoms with Crippen molar-refractivity contribution in [1.82, 2.24) is 0 Å². The number of alkyl halides is 1. The second kappa shape index (κ2) is 6.01. The number of hydrogen-bond donors (Lipinski definition) is 0. The molecular formula is C14H10Br2F2O. The molecule has 0 bridgehead atoms. The van der Waals surface area contributed by atoms with E-state index in [9.17, 15) is 8.78 Å². The Morgan fingerprint density at radius 3 is 2.42 bits per heavy atom. The quantitative estimate of drug-likeness (QED) is 0.651. The van der Waals surface area contributed by atoms with Crippen LogP contribution in [0.2, 0.25) is 0 Å². The van der Waals surface area contributed by atoms with Crippen LogP contribution in [0.4, 0.5) is 8.78 Å². The van der Waals surface area contributed by atoms with Gasteiger partial charge in [-0.3, -0.25) is 0 Å². The fourth-order valence-corrected chi connectivity index (χ4v) is 3.25. The van der Waals surface area contributed by atoms with Crippen LogP contribution >= 0.6 is 31.9 Å². The van der Waals surface area contributed by atoms with E-state index in [2.05, 4.69) is 31.9 Å². The number of hydrogen-bond acceptors (Lipinski definition) is 1. The van der Waals surface area contributed by atoms with Crippen LogP contribution in [0.1, 0.15) is 16.0 Å². The van der Waals surface area contributed by atoms with E-state index in [0.29, 0.717) is 21.3 Å². The SMILES string of the molecule is COc1ccc(C(Br)c2cc(F)ccc2Br)c(F)c1. The molecule has 19 heavy (non-hydrogen) atoms. The molecule has 2 aromatic rings. The summed E-state index contributed by atoms with van der Waals surface area (Å²) in [5.41, 5.74) is 1.05. The predicted octanol–water partition coefficient (Wildman–Crippen LogP) is 5.22. The maximum atomic E-state index is 14.0. The lowest BCUT2D eigenvalue weighted by atomic mass is 10.0. The number of halogens is 4. The summed E-state index contributed by atoms with van der Waals surface area (Å²) in [5, 5.41) is 0. The van der Waals surface area contributed by atoms with Gasteiger partial charge in [0.2, 0.25) is 0 Å². The number of methoxy groups -OCH3 is 1. The zero-order valence-corrected chi connectivity index (χ0v) is 13.1. The van der Waals surface area contributed by atoms with Gasteiger partial charge in [0.25, 0.3) is 0 Å². The van der Waals surface area contributed by atoms with Crippen LogP contribution in [0, 0.1) is 11.6 Å². The Kier molecular flexibility index (Phi) is 4.58. The molecule has 0 aromatic heterocycles. The highest BCUT2D eigenvalue weighted by Gasteiger charge is 2.18. The van der Waals surface area contributed by atoms with Crippen LogP contribution < -0.4 is 4.74 Å². The van der Waals surface area contributed by atoms with Crippen LogP contribution in [-0.4, -0.2) is 7.11 Å². The smallest absolute Gasteiger partial charge is 0.131 e. The first-order valence-corrected chi connectivity index (χ1v) is 7.16. The first-order chi connectivity index (χ1) is 9.02. The van der Waals surface area contributed by atoms with Crippen molar-refractivity contribution in [3.8, 4) is 5.75 Å². The molecule has 5 heteroatoms. The van der Waals surface area contributed by atoms with E-state index in [-0.39, 0.29) is 5.82 Å². The van der Waals surface area contributed by atoms with Crippen molar-refractivity contribution < 1.29 is 13.5 Å². The van der Waals surface area contributed by atoms with Gasteiger partial charge in [0.1, 0.15) is 17.4 Å². The summed E-state index contributed by atoms with van der Waals surface area (Å²) in [6, 6.07) is 8.90. The van der Waals surface area contributed by atoms with Gasteiger partial charge in [-0.1, -0.05) is 37.9 Å². The van der Waals surface area contributed by atoms with Gasteiger partial charge in [-0.15, -0.1) is 0 Å². The van der Waals surface area contributed by atoms with Crippen LogP contribution in [0.3, 0.4) is 0 Å². The van der Waals surface area contributed by atoms with Crippen molar-refractivity contribution in [3.63, 3.8) is 0 Å². The van der Waals surface area contributed by atoms with Crippen molar-refractivity contribution in [2.45, 2.75) is 4.83 Å². The lowest BCUT2D eigenvalue weighted by Crippen LogP contribution is -1.99. The predicted molar refractivity (Wildman–Crippen MR) is 77.8 cm³/mol. The molecule has 0 fully saturated rings. The fourth-order valence-electron chi connectivity index (χ4n) is 1.72. The monoisotopic (exact) mass is 390 g/mol. The van der Waals surface area contributed by atoms with Crippen LogP contribution in [0.25, 0.3) is 0 Å². The summed E-state index contributed by atoms with van der Waals surface area (Å²) in [5.74, 6) is -0.326. The first kappa shape index (κ1) is 14.5. The lowest BCUT2D eigenvalue weighted by Gasteiger charge is -2.14. The minimum absolute atomic E-state index is 0.364. The van der Waals surface area contributed by atoms with Gasteiger partial charge in [0.15, 0.2) is 0 Å². The average Bonchev–Trinajstić information content (AvgIpc) is 2.40. The normalized spacial score (nSPS) is 12.3. The van der Waals surface area contributed by atoms with Crippen molar-refractivity contribution in [1.29, 1.82) is 0 Å². The summed E-state index contributed by atoms with van der Waals surface area (Å²) >= 11 is 6.74. The van der Waals surface area contributed by atoms with Gasteiger partial charge in [0.05, 0.1) is 11.9 Å². The van der Waals surface area contributed by atoms with E-state index in [1.807, 2.05) is 0 Å². The molecule has 0 aliphatic heterocycles. The minimum atomic E-state index is -0.441. The van der Waals surface area contributed by atoms with E-state index in [4.69, 9.17) is 4.74 Å². The van der Waals surface area contributed by atoms with Crippen molar-refractivity contribution >= 4 is 31.9 Å². The Hall–Kier alpha value is -0.940. The Balaban J connectivity index is 2.43. The van der Waals surface area contributed by atoms with Gasteiger partial charge >= 0.3 is 0 Å². The fraction of sp³-hybridized carbons (Fsp3) is 0.143. The molecule has 0 spiro atoms. The van der Waals surface area contributed by atoms with Gasteiger partial charge in [0, 0.05) is 16.1 Å². The summed E-state index contributed by atoms with van der Waals surface area (Å²) < 4.78 is 32.9. The third-order valence-electron chi connectivity index (χ3n) is 2.71. The van der Waals surface area contributed by atoms with Crippen LogP contribution in [-0.2, 0) is 0 Å². The number of benzene rings is 2. The maximum absolute atomic E-state index is 14.0. The second-order valence-electron chi connectivity index (χ2n) is 3.92. The highest BCUT2D eigenvalue weighted by atomic mass is 79.9. The first-order valence-electron chi connectivity index (χ1n) is 5.45. The second-order valence-corrected chi connectivity index (χ2v) is 5.69. The molecule has 2 rings (SSSR count). The number of ether oxygens (including phenoxy) is 1. The topological polar surface area (TPSA) is 9.23 Å². The molecule has 0 saturated heterocycles. The van der Waals surface area contributed by atoms with E-state index in [0.717, 1.165) is 0 Å². The highest BCUT2D eigenvalue weighted by Crippen LogP contribution is 2.37. The molecule has 0 heterocycles.